The summed E-state index contributed by atoms with van der Waals surface area (Å²) < 4.78 is 29.8. The molecule has 47 heavy (non-hydrogen) atoms. The Morgan fingerprint density at radius 3 is 2.11 bits per heavy atom. The molecule has 248 valence electrons. The quantitative estimate of drug-likeness (QED) is 0.130. The fourth-order valence-corrected chi connectivity index (χ4v) is 7.29. The lowest BCUT2D eigenvalue weighted by Crippen LogP contribution is -2.53. The molecule has 1 atom stereocenters. The van der Waals surface area contributed by atoms with E-state index in [0.717, 1.165) is 33.8 Å². The van der Waals surface area contributed by atoms with Crippen molar-refractivity contribution in [1.82, 2.24) is 10.2 Å². The van der Waals surface area contributed by atoms with Crippen LogP contribution in [0.3, 0.4) is 0 Å². The molecule has 7 nitrogen and oxygen atoms in total. The standard InChI is InChI=1S/C37H41Cl2N3O4S/c1-4-6-23-40-37(44)35(24-28-13-8-7-9-14-28)41(25-31-32(38)16-12-17-33(31)39)36(43)26-42(34-18-11-10-15-29(34)5-2)47(45,46)30-21-19-27(3)20-22-30/h7-22,35H,4-6,23-26H2,1-3H3,(H,40,44)/t35-/m0/s1. The molecule has 0 saturated heterocycles. The maximum Gasteiger partial charge on any atom is 0.264 e. The number of nitrogens with one attached hydrogen (secondary N) is 1. The van der Waals surface area contributed by atoms with Gasteiger partial charge in [0.05, 0.1) is 10.6 Å². The largest absolute Gasteiger partial charge is 0.354 e. The van der Waals surface area contributed by atoms with Gasteiger partial charge in [-0.25, -0.2) is 8.42 Å². The Bertz CT molecular complexity index is 1750. The zero-order valence-corrected chi connectivity index (χ0v) is 29.3. The highest BCUT2D eigenvalue weighted by atomic mass is 35.5. The van der Waals surface area contributed by atoms with E-state index >= 15 is 0 Å². The third-order valence-electron chi connectivity index (χ3n) is 8.02. The Kier molecular flexibility index (Phi) is 12.9. The number of carbonyl (C=O) groups excluding carboxylic acids is 2. The smallest absolute Gasteiger partial charge is 0.264 e. The van der Waals surface area contributed by atoms with Crippen LogP contribution in [0.5, 0.6) is 0 Å². The Balaban J connectivity index is 1.85. The van der Waals surface area contributed by atoms with Gasteiger partial charge < -0.3 is 10.2 Å². The van der Waals surface area contributed by atoms with E-state index in [4.69, 9.17) is 23.2 Å². The minimum absolute atomic E-state index is 0.0562. The van der Waals surface area contributed by atoms with E-state index in [-0.39, 0.29) is 23.8 Å². The summed E-state index contributed by atoms with van der Waals surface area (Å²) in [6, 6.07) is 27.1. The number of unbranched alkanes of at least 4 members (excludes halogenated alkanes) is 1. The zero-order chi connectivity index (χ0) is 34.0. The number of hydrogen-bond acceptors (Lipinski definition) is 4. The minimum atomic E-state index is -4.21. The number of anilines is 1. The number of benzene rings is 4. The SMILES string of the molecule is CCCCNC(=O)[C@H](Cc1ccccc1)N(Cc1c(Cl)cccc1Cl)C(=O)CN(c1ccccc1CC)S(=O)(=O)c1ccc(C)cc1. The third kappa shape index (κ3) is 9.15. The molecule has 0 unspecified atom stereocenters. The lowest BCUT2D eigenvalue weighted by atomic mass is 10.0. The van der Waals surface area contributed by atoms with Gasteiger partial charge in [0.15, 0.2) is 0 Å². The Morgan fingerprint density at radius 2 is 1.47 bits per heavy atom. The lowest BCUT2D eigenvalue weighted by Gasteiger charge is -2.34. The van der Waals surface area contributed by atoms with Crippen molar-refractivity contribution in [2.45, 2.75) is 63.9 Å². The number of sulfonamides is 1. The van der Waals surface area contributed by atoms with Crippen molar-refractivity contribution in [2.75, 3.05) is 17.4 Å². The Morgan fingerprint density at radius 1 is 0.830 bits per heavy atom. The van der Waals surface area contributed by atoms with Gasteiger partial charge in [-0.3, -0.25) is 13.9 Å². The highest BCUT2D eigenvalue weighted by molar-refractivity contribution is 7.92. The molecule has 0 aromatic heterocycles. The molecule has 0 fully saturated rings. The highest BCUT2D eigenvalue weighted by Crippen LogP contribution is 2.30. The molecular weight excluding hydrogens is 653 g/mol. The first-order valence-electron chi connectivity index (χ1n) is 15.8. The van der Waals surface area contributed by atoms with Crippen LogP contribution in [0.15, 0.2) is 102 Å². The van der Waals surface area contributed by atoms with Crippen LogP contribution in [0.1, 0.15) is 48.9 Å². The first-order valence-corrected chi connectivity index (χ1v) is 18.0. The van der Waals surface area contributed by atoms with Crippen LogP contribution >= 0.6 is 23.2 Å². The molecule has 4 aromatic carbocycles. The average molecular weight is 695 g/mol. The fourth-order valence-electron chi connectivity index (χ4n) is 5.32. The predicted octanol–water partition coefficient (Wildman–Crippen LogP) is 7.62. The summed E-state index contributed by atoms with van der Waals surface area (Å²) >= 11 is 13.2. The maximum absolute atomic E-state index is 14.7. The number of halogens is 2. The van der Waals surface area contributed by atoms with Crippen molar-refractivity contribution in [1.29, 1.82) is 0 Å². The second kappa shape index (κ2) is 16.8. The van der Waals surface area contributed by atoms with Gasteiger partial charge in [0, 0.05) is 35.1 Å². The van der Waals surface area contributed by atoms with Gasteiger partial charge in [-0.1, -0.05) is 116 Å². The van der Waals surface area contributed by atoms with Crippen LogP contribution in [0.4, 0.5) is 5.69 Å². The topological polar surface area (TPSA) is 86.8 Å². The van der Waals surface area contributed by atoms with Crippen LogP contribution in [0.2, 0.25) is 10.0 Å². The summed E-state index contributed by atoms with van der Waals surface area (Å²) in [7, 11) is -4.21. The van der Waals surface area contributed by atoms with Gasteiger partial charge in [-0.2, -0.15) is 0 Å². The first-order chi connectivity index (χ1) is 22.6. The number of rotatable bonds is 15. The number of hydrogen-bond donors (Lipinski definition) is 1. The molecular formula is C37H41Cl2N3O4S. The lowest BCUT2D eigenvalue weighted by molar-refractivity contribution is -0.140. The fraction of sp³-hybridized carbons (Fsp3) is 0.297. The number of aryl methyl sites for hydroxylation is 2. The summed E-state index contributed by atoms with van der Waals surface area (Å²) in [5.74, 6) is -0.921. The van der Waals surface area contributed by atoms with Crippen molar-refractivity contribution < 1.29 is 18.0 Å². The van der Waals surface area contributed by atoms with Gasteiger partial charge in [0.1, 0.15) is 12.6 Å². The van der Waals surface area contributed by atoms with E-state index in [0.29, 0.717) is 34.3 Å². The van der Waals surface area contributed by atoms with E-state index in [1.165, 1.54) is 17.0 Å². The summed E-state index contributed by atoms with van der Waals surface area (Å²) in [5.41, 5.74) is 3.36. The maximum atomic E-state index is 14.7. The van der Waals surface area contributed by atoms with Gasteiger partial charge in [0.25, 0.3) is 10.0 Å². The zero-order valence-electron chi connectivity index (χ0n) is 27.0. The summed E-state index contributed by atoms with van der Waals surface area (Å²) in [6.45, 7) is 5.61. The Labute approximate surface area is 288 Å². The summed E-state index contributed by atoms with van der Waals surface area (Å²) in [4.78, 5) is 30.1. The predicted molar refractivity (Wildman–Crippen MR) is 190 cm³/mol. The Hall–Kier alpha value is -3.85. The van der Waals surface area contributed by atoms with Crippen LogP contribution in [0.25, 0.3) is 0 Å². The van der Waals surface area contributed by atoms with Crippen LogP contribution in [-0.4, -0.2) is 44.3 Å². The van der Waals surface area contributed by atoms with Crippen molar-refractivity contribution >= 4 is 50.7 Å². The third-order valence-corrected chi connectivity index (χ3v) is 10.5. The molecule has 0 bridgehead atoms. The van der Waals surface area contributed by atoms with Gasteiger partial charge in [-0.15, -0.1) is 0 Å². The molecule has 2 amide bonds. The van der Waals surface area contributed by atoms with E-state index in [9.17, 15) is 18.0 Å². The molecule has 0 aliphatic heterocycles. The molecule has 0 saturated carbocycles. The van der Waals surface area contributed by atoms with Gasteiger partial charge >= 0.3 is 0 Å². The van der Waals surface area contributed by atoms with Crippen molar-refractivity contribution in [2.24, 2.45) is 0 Å². The molecule has 0 aliphatic rings. The highest BCUT2D eigenvalue weighted by Gasteiger charge is 2.35. The number of carbonyl (C=O) groups is 2. The first kappa shape index (κ1) is 36.0. The normalized spacial score (nSPS) is 11.9. The average Bonchev–Trinajstić information content (AvgIpc) is 3.07. The molecule has 0 radical (unpaired) electrons. The van der Waals surface area contributed by atoms with Crippen molar-refractivity contribution in [3.63, 3.8) is 0 Å². The number of amides is 2. The van der Waals surface area contributed by atoms with Crippen LogP contribution in [0, 0.1) is 6.92 Å². The number of para-hydroxylation sites is 1. The molecule has 4 rings (SSSR count). The van der Waals surface area contributed by atoms with Crippen molar-refractivity contribution in [3.05, 3.63) is 129 Å². The summed E-state index contributed by atoms with van der Waals surface area (Å²) in [5, 5.41) is 3.66. The van der Waals surface area contributed by atoms with E-state index in [1.54, 1.807) is 42.5 Å². The van der Waals surface area contributed by atoms with E-state index < -0.39 is 28.5 Å². The summed E-state index contributed by atoms with van der Waals surface area (Å²) in [6.07, 6.45) is 2.39. The molecule has 1 N–H and O–H groups in total. The molecule has 0 heterocycles. The molecule has 0 spiro atoms. The monoisotopic (exact) mass is 693 g/mol. The second-order valence-electron chi connectivity index (χ2n) is 11.4. The molecule has 4 aromatic rings. The van der Waals surface area contributed by atoms with E-state index in [2.05, 4.69) is 5.32 Å². The van der Waals surface area contributed by atoms with Crippen LogP contribution < -0.4 is 9.62 Å². The van der Waals surface area contributed by atoms with E-state index in [1.807, 2.05) is 63.2 Å². The minimum Gasteiger partial charge on any atom is -0.354 e. The van der Waals surface area contributed by atoms with Crippen LogP contribution in [-0.2, 0) is 39.0 Å². The second-order valence-corrected chi connectivity index (χ2v) is 14.1. The van der Waals surface area contributed by atoms with Gasteiger partial charge in [-0.05, 0) is 61.2 Å². The number of nitrogens with zero attached hydrogens (tertiary/aromatic N) is 2. The molecule has 0 aliphatic carbocycles. The van der Waals surface area contributed by atoms with Crippen molar-refractivity contribution in [3.8, 4) is 0 Å². The van der Waals surface area contributed by atoms with Gasteiger partial charge in [0.2, 0.25) is 11.8 Å². The molecule has 10 heteroatoms.